The quantitative estimate of drug-likeness (QED) is 0.694. The van der Waals surface area contributed by atoms with Gasteiger partial charge in [-0.05, 0) is 13.0 Å². The third kappa shape index (κ3) is 4.14. The number of Topliss-reactive ketones (excluding diaryl/α,β-unsaturated/α-hetero) is 1. The first kappa shape index (κ1) is 11.1. The van der Waals surface area contributed by atoms with Gasteiger partial charge in [-0.25, -0.2) is 0 Å². The molecule has 13 heavy (non-hydrogen) atoms. The summed E-state index contributed by atoms with van der Waals surface area (Å²) >= 11 is 2.02. The summed E-state index contributed by atoms with van der Waals surface area (Å²) in [5, 5.41) is 0.765. The lowest BCUT2D eigenvalue weighted by Crippen LogP contribution is -2.31. The number of hydrogen-bond acceptors (Lipinski definition) is 3. The molecule has 0 aromatic carbocycles. The molecule has 0 bridgehead atoms. The minimum absolute atomic E-state index is 0.375. The maximum atomic E-state index is 11.2. The SMILES string of the molecule is CCC(=O)CN1CCSC(C)CC1. The lowest BCUT2D eigenvalue weighted by atomic mass is 10.2. The van der Waals surface area contributed by atoms with Crippen molar-refractivity contribution in [2.45, 2.75) is 31.9 Å². The van der Waals surface area contributed by atoms with Crippen molar-refractivity contribution in [3.05, 3.63) is 0 Å². The van der Waals surface area contributed by atoms with E-state index in [4.69, 9.17) is 0 Å². The van der Waals surface area contributed by atoms with Gasteiger partial charge in [-0.2, -0.15) is 11.8 Å². The summed E-state index contributed by atoms with van der Waals surface area (Å²) in [6.07, 6.45) is 1.90. The summed E-state index contributed by atoms with van der Waals surface area (Å²) in [4.78, 5) is 13.5. The average Bonchev–Trinajstić information content (AvgIpc) is 2.31. The first-order valence-corrected chi connectivity index (χ1v) is 6.13. The van der Waals surface area contributed by atoms with Gasteiger partial charge in [-0.1, -0.05) is 13.8 Å². The van der Waals surface area contributed by atoms with Gasteiger partial charge >= 0.3 is 0 Å². The molecule has 0 aliphatic carbocycles. The van der Waals surface area contributed by atoms with Crippen molar-refractivity contribution in [2.75, 3.05) is 25.4 Å². The largest absolute Gasteiger partial charge is 0.298 e. The Hall–Kier alpha value is -0.0200. The standard InChI is InChI=1S/C10H19NOS/c1-3-10(12)8-11-5-4-9(2)13-7-6-11/h9H,3-8H2,1-2H3. The monoisotopic (exact) mass is 201 g/mol. The van der Waals surface area contributed by atoms with E-state index in [-0.39, 0.29) is 0 Å². The van der Waals surface area contributed by atoms with Crippen molar-refractivity contribution in [1.82, 2.24) is 4.90 Å². The molecule has 0 N–H and O–H groups in total. The Morgan fingerprint density at radius 1 is 1.54 bits per heavy atom. The van der Waals surface area contributed by atoms with Crippen molar-refractivity contribution in [1.29, 1.82) is 0 Å². The molecule has 0 aromatic heterocycles. The number of carbonyl (C=O) groups is 1. The zero-order valence-corrected chi connectivity index (χ0v) is 9.40. The minimum Gasteiger partial charge on any atom is -0.298 e. The zero-order chi connectivity index (χ0) is 9.68. The fraction of sp³-hybridized carbons (Fsp3) is 0.900. The van der Waals surface area contributed by atoms with Crippen LogP contribution in [-0.4, -0.2) is 41.3 Å². The van der Waals surface area contributed by atoms with Crippen LogP contribution in [0.3, 0.4) is 0 Å². The van der Waals surface area contributed by atoms with E-state index in [9.17, 15) is 4.79 Å². The topological polar surface area (TPSA) is 20.3 Å². The number of rotatable bonds is 3. The van der Waals surface area contributed by atoms with Crippen LogP contribution in [0, 0.1) is 0 Å². The van der Waals surface area contributed by atoms with Gasteiger partial charge in [-0.15, -0.1) is 0 Å². The van der Waals surface area contributed by atoms with Gasteiger partial charge in [0.2, 0.25) is 0 Å². The highest BCUT2D eigenvalue weighted by molar-refractivity contribution is 7.99. The van der Waals surface area contributed by atoms with Crippen LogP contribution in [0.5, 0.6) is 0 Å². The van der Waals surface area contributed by atoms with Crippen molar-refractivity contribution in [3.8, 4) is 0 Å². The molecule has 1 rings (SSSR count). The van der Waals surface area contributed by atoms with E-state index in [2.05, 4.69) is 11.8 Å². The van der Waals surface area contributed by atoms with Crippen molar-refractivity contribution in [3.63, 3.8) is 0 Å². The normalized spacial score (nSPS) is 25.5. The molecule has 3 heteroatoms. The van der Waals surface area contributed by atoms with Crippen LogP contribution in [0.1, 0.15) is 26.7 Å². The molecule has 0 amide bonds. The van der Waals surface area contributed by atoms with Crippen LogP contribution >= 0.6 is 11.8 Å². The highest BCUT2D eigenvalue weighted by Gasteiger charge is 2.15. The van der Waals surface area contributed by atoms with Crippen molar-refractivity contribution >= 4 is 17.5 Å². The summed E-state index contributed by atoms with van der Waals surface area (Å²) in [5.41, 5.74) is 0. The molecule has 1 aliphatic heterocycles. The van der Waals surface area contributed by atoms with E-state index in [1.165, 1.54) is 12.2 Å². The van der Waals surface area contributed by atoms with E-state index in [1.807, 2.05) is 18.7 Å². The van der Waals surface area contributed by atoms with Crippen LogP contribution < -0.4 is 0 Å². The number of ketones is 1. The van der Waals surface area contributed by atoms with Gasteiger partial charge in [-0.3, -0.25) is 9.69 Å². The lowest BCUT2D eigenvalue weighted by molar-refractivity contribution is -0.119. The molecular formula is C10H19NOS. The summed E-state index contributed by atoms with van der Waals surface area (Å²) in [5.74, 6) is 1.55. The van der Waals surface area contributed by atoms with Gasteiger partial charge in [0.25, 0.3) is 0 Å². The van der Waals surface area contributed by atoms with Gasteiger partial charge < -0.3 is 0 Å². The Morgan fingerprint density at radius 3 is 3.00 bits per heavy atom. The zero-order valence-electron chi connectivity index (χ0n) is 8.58. The van der Waals surface area contributed by atoms with Gasteiger partial charge in [0, 0.05) is 24.0 Å². The number of hydrogen-bond donors (Lipinski definition) is 0. The van der Waals surface area contributed by atoms with Crippen molar-refractivity contribution in [2.24, 2.45) is 0 Å². The van der Waals surface area contributed by atoms with Crippen LogP contribution in [0.4, 0.5) is 0 Å². The molecule has 0 spiro atoms. The van der Waals surface area contributed by atoms with E-state index in [1.54, 1.807) is 0 Å². The molecule has 76 valence electrons. The fourth-order valence-corrected chi connectivity index (χ4v) is 2.50. The van der Waals surface area contributed by atoms with Crippen LogP contribution in [0.15, 0.2) is 0 Å². The predicted octanol–water partition coefficient (Wildman–Crippen LogP) is 1.79. The minimum atomic E-state index is 0.375. The van der Waals surface area contributed by atoms with Crippen molar-refractivity contribution < 1.29 is 4.79 Å². The highest BCUT2D eigenvalue weighted by atomic mass is 32.2. The Kier molecular flexibility index (Phi) is 4.81. The molecule has 1 fully saturated rings. The molecule has 1 unspecified atom stereocenters. The maximum Gasteiger partial charge on any atom is 0.146 e. The molecule has 1 saturated heterocycles. The predicted molar refractivity (Wildman–Crippen MR) is 58.3 cm³/mol. The molecule has 0 saturated carbocycles. The number of carbonyl (C=O) groups excluding carboxylic acids is 1. The Morgan fingerprint density at radius 2 is 2.31 bits per heavy atom. The number of nitrogens with zero attached hydrogens (tertiary/aromatic N) is 1. The molecule has 0 aromatic rings. The highest BCUT2D eigenvalue weighted by Crippen LogP contribution is 2.18. The van der Waals surface area contributed by atoms with Gasteiger partial charge in [0.15, 0.2) is 0 Å². The van der Waals surface area contributed by atoms with Gasteiger partial charge in [0.1, 0.15) is 5.78 Å². The molecule has 2 nitrogen and oxygen atoms in total. The summed E-state index contributed by atoms with van der Waals surface area (Å²) in [6.45, 7) is 7.07. The first-order valence-electron chi connectivity index (χ1n) is 5.08. The Labute approximate surface area is 85.1 Å². The van der Waals surface area contributed by atoms with Gasteiger partial charge in [0.05, 0.1) is 6.54 Å². The van der Waals surface area contributed by atoms with E-state index in [0.717, 1.165) is 18.3 Å². The average molecular weight is 201 g/mol. The third-order valence-electron chi connectivity index (χ3n) is 2.46. The third-order valence-corrected chi connectivity index (χ3v) is 3.68. The van der Waals surface area contributed by atoms with Crippen LogP contribution in [0.25, 0.3) is 0 Å². The summed E-state index contributed by atoms with van der Waals surface area (Å²) < 4.78 is 0. The second kappa shape index (κ2) is 5.66. The van der Waals surface area contributed by atoms with Crippen LogP contribution in [0.2, 0.25) is 0 Å². The fourth-order valence-electron chi connectivity index (χ4n) is 1.46. The lowest BCUT2D eigenvalue weighted by Gasteiger charge is -2.17. The molecule has 1 heterocycles. The second-order valence-corrected chi connectivity index (χ2v) is 5.18. The number of thioether (sulfide) groups is 1. The van der Waals surface area contributed by atoms with E-state index in [0.29, 0.717) is 18.7 Å². The van der Waals surface area contributed by atoms with Crippen LogP contribution in [-0.2, 0) is 4.79 Å². The Balaban J connectivity index is 2.29. The maximum absolute atomic E-state index is 11.2. The first-order chi connectivity index (χ1) is 6.22. The van der Waals surface area contributed by atoms with E-state index >= 15 is 0 Å². The molecule has 1 aliphatic rings. The molecular weight excluding hydrogens is 182 g/mol. The summed E-state index contributed by atoms with van der Waals surface area (Å²) in [6, 6.07) is 0. The second-order valence-electron chi connectivity index (χ2n) is 3.64. The molecule has 0 radical (unpaired) electrons. The Bertz CT molecular complexity index is 172. The van der Waals surface area contributed by atoms with E-state index < -0.39 is 0 Å². The summed E-state index contributed by atoms with van der Waals surface area (Å²) in [7, 11) is 0. The molecule has 1 atom stereocenters. The smallest absolute Gasteiger partial charge is 0.146 e.